The Balaban J connectivity index is 2.53. The van der Waals surface area contributed by atoms with Gasteiger partial charge in [0.25, 0.3) is 5.56 Å². The van der Waals surface area contributed by atoms with Crippen molar-refractivity contribution < 1.29 is 9.90 Å². The maximum absolute atomic E-state index is 11.3. The molecule has 0 radical (unpaired) electrons. The molecule has 8 heteroatoms. The van der Waals surface area contributed by atoms with Gasteiger partial charge in [-0.2, -0.15) is 4.98 Å². The summed E-state index contributed by atoms with van der Waals surface area (Å²) in [4.78, 5) is 25.8. The molecule has 0 aliphatic carbocycles. The van der Waals surface area contributed by atoms with Crippen molar-refractivity contribution in [3.63, 3.8) is 0 Å². The van der Waals surface area contributed by atoms with E-state index in [4.69, 9.17) is 16.7 Å². The van der Waals surface area contributed by atoms with Gasteiger partial charge in [0.1, 0.15) is 0 Å². The highest BCUT2D eigenvalue weighted by atomic mass is 79.9. The summed E-state index contributed by atoms with van der Waals surface area (Å²) in [7, 11) is 0. The van der Waals surface area contributed by atoms with Gasteiger partial charge in [-0.3, -0.25) is 14.2 Å². The number of benzene rings is 1. The standard InChI is InChI=1S/C12H8BrClN2O3S/c13-11-7(14)2-1-3-8(11)16-5-4-9(17)15-12(16)20-6-10(18)19/h1-5H,6H2,(H,18,19). The monoisotopic (exact) mass is 374 g/mol. The second-order valence-electron chi connectivity index (χ2n) is 3.67. The van der Waals surface area contributed by atoms with Crippen molar-refractivity contribution >= 4 is 45.3 Å². The van der Waals surface area contributed by atoms with Crippen LogP contribution in [0.3, 0.4) is 0 Å². The van der Waals surface area contributed by atoms with E-state index in [2.05, 4.69) is 20.9 Å². The van der Waals surface area contributed by atoms with Gasteiger partial charge in [-0.05, 0) is 28.1 Å². The third-order valence-corrected chi connectivity index (χ3v) is 4.61. The highest BCUT2D eigenvalue weighted by Gasteiger charge is 2.12. The Bertz CT molecular complexity index is 720. The Hall–Kier alpha value is -1.31. The van der Waals surface area contributed by atoms with Gasteiger partial charge in [0.15, 0.2) is 5.16 Å². The van der Waals surface area contributed by atoms with E-state index in [0.717, 1.165) is 11.8 Å². The number of aliphatic carboxylic acids is 1. The molecule has 0 spiro atoms. The maximum atomic E-state index is 11.3. The molecule has 0 saturated carbocycles. The van der Waals surface area contributed by atoms with E-state index in [-0.39, 0.29) is 5.75 Å². The fourth-order valence-corrected chi connectivity index (χ4v) is 2.81. The summed E-state index contributed by atoms with van der Waals surface area (Å²) in [6.07, 6.45) is 1.54. The fraction of sp³-hybridized carbons (Fsp3) is 0.0833. The van der Waals surface area contributed by atoms with Crippen molar-refractivity contribution in [3.8, 4) is 5.69 Å². The number of hydrogen-bond acceptors (Lipinski definition) is 4. The van der Waals surface area contributed by atoms with Crippen LogP contribution in [-0.4, -0.2) is 26.4 Å². The lowest BCUT2D eigenvalue weighted by Gasteiger charge is -2.13. The van der Waals surface area contributed by atoms with E-state index in [9.17, 15) is 9.59 Å². The van der Waals surface area contributed by atoms with E-state index < -0.39 is 11.5 Å². The minimum Gasteiger partial charge on any atom is -0.481 e. The van der Waals surface area contributed by atoms with E-state index in [0.29, 0.717) is 20.3 Å². The Morgan fingerprint density at radius 1 is 1.45 bits per heavy atom. The molecule has 0 aliphatic rings. The molecule has 1 aromatic heterocycles. The zero-order chi connectivity index (χ0) is 14.7. The molecule has 1 aromatic carbocycles. The van der Waals surface area contributed by atoms with Gasteiger partial charge in [0.2, 0.25) is 0 Å². The van der Waals surface area contributed by atoms with Crippen molar-refractivity contribution in [1.29, 1.82) is 0 Å². The molecule has 0 atom stereocenters. The number of halogens is 2. The van der Waals surface area contributed by atoms with Crippen LogP contribution in [0, 0.1) is 0 Å². The Morgan fingerprint density at radius 2 is 2.20 bits per heavy atom. The van der Waals surface area contributed by atoms with Crippen LogP contribution in [0.25, 0.3) is 5.69 Å². The number of carbonyl (C=O) groups is 1. The predicted octanol–water partition coefficient (Wildman–Crippen LogP) is 2.83. The van der Waals surface area contributed by atoms with Crippen LogP contribution < -0.4 is 5.56 Å². The number of thioether (sulfide) groups is 1. The summed E-state index contributed by atoms with van der Waals surface area (Å²) in [5, 5.41) is 9.54. The number of hydrogen-bond donors (Lipinski definition) is 1. The number of carboxylic acid groups (broad SMARTS) is 1. The summed E-state index contributed by atoms with van der Waals surface area (Å²) in [5.41, 5.74) is 0.255. The third-order valence-electron chi connectivity index (χ3n) is 2.29. The van der Waals surface area contributed by atoms with Gasteiger partial charge in [0, 0.05) is 12.3 Å². The molecule has 5 nitrogen and oxygen atoms in total. The fourth-order valence-electron chi connectivity index (χ4n) is 1.48. The first-order chi connectivity index (χ1) is 9.49. The lowest BCUT2D eigenvalue weighted by molar-refractivity contribution is -0.133. The van der Waals surface area contributed by atoms with Gasteiger partial charge in [0.05, 0.1) is 20.9 Å². The van der Waals surface area contributed by atoms with Crippen LogP contribution in [-0.2, 0) is 4.79 Å². The average Bonchev–Trinajstić information content (AvgIpc) is 2.40. The molecule has 0 aliphatic heterocycles. The molecule has 0 amide bonds. The normalized spacial score (nSPS) is 10.5. The first kappa shape index (κ1) is 15.1. The van der Waals surface area contributed by atoms with Crippen molar-refractivity contribution in [2.45, 2.75) is 5.16 Å². The molecule has 2 rings (SSSR count). The molecule has 0 fully saturated rings. The van der Waals surface area contributed by atoms with Crippen LogP contribution >= 0.6 is 39.3 Å². The van der Waals surface area contributed by atoms with E-state index in [1.54, 1.807) is 22.8 Å². The largest absolute Gasteiger partial charge is 0.481 e. The zero-order valence-electron chi connectivity index (χ0n) is 9.92. The number of nitrogens with zero attached hydrogens (tertiary/aromatic N) is 2. The summed E-state index contributed by atoms with van der Waals surface area (Å²) in [6, 6.07) is 6.56. The minimum absolute atomic E-state index is 0.186. The molecule has 2 aromatic rings. The first-order valence-electron chi connectivity index (χ1n) is 5.37. The van der Waals surface area contributed by atoms with Gasteiger partial charge < -0.3 is 5.11 Å². The molecule has 1 heterocycles. The Kier molecular flexibility index (Phi) is 4.85. The number of rotatable bonds is 4. The van der Waals surface area contributed by atoms with E-state index in [1.807, 2.05) is 0 Å². The molecule has 0 saturated heterocycles. The number of aromatic nitrogens is 2. The Labute approximate surface area is 131 Å². The van der Waals surface area contributed by atoms with Gasteiger partial charge in [-0.25, -0.2) is 0 Å². The van der Waals surface area contributed by atoms with E-state index >= 15 is 0 Å². The molecule has 1 N–H and O–H groups in total. The Morgan fingerprint density at radius 3 is 2.90 bits per heavy atom. The highest BCUT2D eigenvalue weighted by molar-refractivity contribution is 9.10. The zero-order valence-corrected chi connectivity index (χ0v) is 13.1. The molecule has 104 valence electrons. The second-order valence-corrected chi connectivity index (χ2v) is 5.82. The van der Waals surface area contributed by atoms with Crippen LogP contribution in [0.4, 0.5) is 0 Å². The molecule has 0 bridgehead atoms. The van der Waals surface area contributed by atoms with Crippen molar-refractivity contribution in [1.82, 2.24) is 9.55 Å². The summed E-state index contributed by atoms with van der Waals surface area (Å²) >= 11 is 10.4. The van der Waals surface area contributed by atoms with Crippen LogP contribution in [0.1, 0.15) is 0 Å². The van der Waals surface area contributed by atoms with Crippen molar-refractivity contribution in [3.05, 3.63) is 50.3 Å². The average molecular weight is 376 g/mol. The van der Waals surface area contributed by atoms with Crippen molar-refractivity contribution in [2.75, 3.05) is 5.75 Å². The van der Waals surface area contributed by atoms with Crippen molar-refractivity contribution in [2.24, 2.45) is 0 Å². The summed E-state index contributed by atoms with van der Waals surface area (Å²) in [5.74, 6) is -1.17. The van der Waals surface area contributed by atoms with Crippen LogP contribution in [0.15, 0.2) is 44.9 Å². The molecule has 20 heavy (non-hydrogen) atoms. The van der Waals surface area contributed by atoms with Gasteiger partial charge in [-0.15, -0.1) is 0 Å². The SMILES string of the molecule is O=C(O)CSc1nc(=O)ccn1-c1cccc(Cl)c1Br. The van der Waals surface area contributed by atoms with Crippen LogP contribution in [0.2, 0.25) is 5.02 Å². The maximum Gasteiger partial charge on any atom is 0.313 e. The number of carboxylic acids is 1. The quantitative estimate of drug-likeness (QED) is 0.657. The van der Waals surface area contributed by atoms with Gasteiger partial charge in [-0.1, -0.05) is 29.4 Å². The van der Waals surface area contributed by atoms with E-state index in [1.165, 1.54) is 12.3 Å². The molecule has 0 unspecified atom stereocenters. The lowest BCUT2D eigenvalue weighted by atomic mass is 10.3. The topological polar surface area (TPSA) is 72.2 Å². The second kappa shape index (κ2) is 6.43. The smallest absolute Gasteiger partial charge is 0.313 e. The predicted molar refractivity (Wildman–Crippen MR) is 80.9 cm³/mol. The summed E-state index contributed by atoms with van der Waals surface area (Å²) < 4.78 is 2.26. The lowest BCUT2D eigenvalue weighted by Crippen LogP contribution is -2.13. The molecular weight excluding hydrogens is 368 g/mol. The minimum atomic E-state index is -0.982. The van der Waals surface area contributed by atoms with Gasteiger partial charge >= 0.3 is 5.97 Å². The third kappa shape index (κ3) is 3.41. The first-order valence-corrected chi connectivity index (χ1v) is 7.53. The molecular formula is C12H8BrClN2O3S. The highest BCUT2D eigenvalue weighted by Crippen LogP contribution is 2.30. The summed E-state index contributed by atoms with van der Waals surface area (Å²) in [6.45, 7) is 0. The van der Waals surface area contributed by atoms with Crippen LogP contribution in [0.5, 0.6) is 0 Å².